The van der Waals surface area contributed by atoms with Crippen LogP contribution in [0.15, 0.2) is 54.6 Å². The highest BCUT2D eigenvalue weighted by Crippen LogP contribution is 2.25. The summed E-state index contributed by atoms with van der Waals surface area (Å²) >= 11 is 0. The normalized spacial score (nSPS) is 11.2. The highest BCUT2D eigenvalue weighted by molar-refractivity contribution is 5.79. The van der Waals surface area contributed by atoms with Crippen molar-refractivity contribution in [1.82, 2.24) is 0 Å². The summed E-state index contributed by atoms with van der Waals surface area (Å²) in [5.74, 6) is 1.60. The number of rotatable bonds is 7. The van der Waals surface area contributed by atoms with E-state index < -0.39 is 0 Å². The van der Waals surface area contributed by atoms with Gasteiger partial charge in [-0.05, 0) is 19.1 Å². The van der Waals surface area contributed by atoms with Crippen molar-refractivity contribution >= 4 is 11.8 Å². The molecule has 0 unspecified atom stereocenters. The second-order valence-corrected chi connectivity index (χ2v) is 4.40. The van der Waals surface area contributed by atoms with E-state index in [1.165, 1.54) is 0 Å². The minimum Gasteiger partial charge on any atom is -0.493 e. The lowest BCUT2D eigenvalue weighted by Gasteiger charge is -2.12. The summed E-state index contributed by atoms with van der Waals surface area (Å²) in [5.41, 5.74) is 2.00. The smallest absolute Gasteiger partial charge is 0.188 e. The summed E-state index contributed by atoms with van der Waals surface area (Å²) in [6.07, 6.45) is 1.99. The zero-order chi connectivity index (χ0) is 14.9. The van der Waals surface area contributed by atoms with Crippen LogP contribution in [0.2, 0.25) is 0 Å². The lowest BCUT2D eigenvalue weighted by Crippen LogP contribution is -2.00. The fourth-order valence-electron chi connectivity index (χ4n) is 1.96. The summed E-state index contributed by atoms with van der Waals surface area (Å²) < 4.78 is 16.3. The van der Waals surface area contributed by atoms with Gasteiger partial charge in [-0.3, -0.25) is 0 Å². The molecule has 0 spiro atoms. The van der Waals surface area contributed by atoms with E-state index in [9.17, 15) is 0 Å². The van der Waals surface area contributed by atoms with Crippen LogP contribution >= 0.6 is 0 Å². The van der Waals surface area contributed by atoms with Crippen LogP contribution < -0.4 is 4.74 Å². The molecule has 2 aromatic rings. The first kappa shape index (κ1) is 15.1. The molecule has 0 aliphatic heterocycles. The highest BCUT2D eigenvalue weighted by Gasteiger charge is 2.06. The molecule has 0 aliphatic rings. The number of hydrogen-bond acceptors (Lipinski definition) is 3. The molecule has 0 saturated heterocycles. The molecule has 2 aromatic carbocycles. The molecule has 0 aliphatic carbocycles. The highest BCUT2D eigenvalue weighted by atomic mass is 16.7. The molecule has 0 radical (unpaired) electrons. The van der Waals surface area contributed by atoms with Gasteiger partial charge in [0.25, 0.3) is 0 Å². The molecule has 0 bridgehead atoms. The van der Waals surface area contributed by atoms with Gasteiger partial charge in [0, 0.05) is 18.2 Å². The third-order valence-corrected chi connectivity index (χ3v) is 2.90. The molecule has 0 heterocycles. The van der Waals surface area contributed by atoms with Gasteiger partial charge < -0.3 is 14.2 Å². The lowest BCUT2D eigenvalue weighted by molar-refractivity contribution is 0.0509. The van der Waals surface area contributed by atoms with Gasteiger partial charge in [0.15, 0.2) is 6.79 Å². The van der Waals surface area contributed by atoms with E-state index in [-0.39, 0.29) is 6.79 Å². The van der Waals surface area contributed by atoms with Gasteiger partial charge in [-0.15, -0.1) is 0 Å². The van der Waals surface area contributed by atoms with Crippen molar-refractivity contribution in [3.05, 3.63) is 65.7 Å². The topological polar surface area (TPSA) is 27.7 Å². The summed E-state index contributed by atoms with van der Waals surface area (Å²) in [4.78, 5) is 0. The van der Waals surface area contributed by atoms with Gasteiger partial charge in [-0.25, -0.2) is 0 Å². The standard InChI is InChI=1S/C18H20O3/c1-3-20-18(15-9-5-4-6-10-15)13-16-11-7-8-12-17(16)21-14-19-2/h4-13H,3,14H2,1-2H3/b18-13+. The molecule has 2 rings (SSSR count). The summed E-state index contributed by atoms with van der Waals surface area (Å²) in [6, 6.07) is 17.9. The molecule has 0 fully saturated rings. The second-order valence-electron chi connectivity index (χ2n) is 4.40. The van der Waals surface area contributed by atoms with Crippen LogP contribution in [-0.4, -0.2) is 20.5 Å². The van der Waals surface area contributed by atoms with Gasteiger partial charge in [0.05, 0.1) is 6.61 Å². The molecule has 3 heteroatoms. The molecule has 0 amide bonds. The molecule has 21 heavy (non-hydrogen) atoms. The Hall–Kier alpha value is -2.26. The van der Waals surface area contributed by atoms with E-state index in [1.54, 1.807) is 7.11 Å². The van der Waals surface area contributed by atoms with Crippen LogP contribution in [0, 0.1) is 0 Å². The van der Waals surface area contributed by atoms with Gasteiger partial charge in [0.1, 0.15) is 11.5 Å². The lowest BCUT2D eigenvalue weighted by atomic mass is 10.1. The molecule has 0 N–H and O–H groups in total. The second kappa shape index (κ2) is 8.12. The van der Waals surface area contributed by atoms with Crippen LogP contribution in [0.3, 0.4) is 0 Å². The van der Waals surface area contributed by atoms with Gasteiger partial charge in [0.2, 0.25) is 0 Å². The van der Waals surface area contributed by atoms with Crippen molar-refractivity contribution in [2.45, 2.75) is 6.92 Å². The zero-order valence-electron chi connectivity index (χ0n) is 12.4. The number of ether oxygens (including phenoxy) is 3. The Labute approximate surface area is 125 Å². The number of benzene rings is 2. The quantitative estimate of drug-likeness (QED) is 0.433. The van der Waals surface area contributed by atoms with Crippen LogP contribution in [-0.2, 0) is 9.47 Å². The van der Waals surface area contributed by atoms with E-state index in [4.69, 9.17) is 14.2 Å². The first-order valence-electron chi connectivity index (χ1n) is 6.96. The minimum atomic E-state index is 0.222. The van der Waals surface area contributed by atoms with Crippen LogP contribution in [0.1, 0.15) is 18.1 Å². The summed E-state index contributed by atoms with van der Waals surface area (Å²) in [5, 5.41) is 0. The predicted octanol–water partition coefficient (Wildman–Crippen LogP) is 4.20. The maximum atomic E-state index is 5.77. The predicted molar refractivity (Wildman–Crippen MR) is 84.9 cm³/mol. The van der Waals surface area contributed by atoms with E-state index >= 15 is 0 Å². The minimum absolute atomic E-state index is 0.222. The SMILES string of the molecule is CCO/C(=C/c1ccccc1OCOC)c1ccccc1. The Balaban J connectivity index is 2.34. The van der Waals surface area contributed by atoms with Crippen molar-refractivity contribution in [3.8, 4) is 5.75 Å². The first-order valence-corrected chi connectivity index (χ1v) is 6.96. The Morgan fingerprint density at radius 3 is 2.43 bits per heavy atom. The first-order chi connectivity index (χ1) is 10.3. The summed E-state index contributed by atoms with van der Waals surface area (Å²) in [7, 11) is 1.61. The maximum absolute atomic E-state index is 5.77. The third-order valence-electron chi connectivity index (χ3n) is 2.90. The van der Waals surface area contributed by atoms with E-state index in [0.29, 0.717) is 6.61 Å². The van der Waals surface area contributed by atoms with Crippen molar-refractivity contribution in [2.24, 2.45) is 0 Å². The van der Waals surface area contributed by atoms with Crippen molar-refractivity contribution < 1.29 is 14.2 Å². The molecule has 3 nitrogen and oxygen atoms in total. The fraction of sp³-hybridized carbons (Fsp3) is 0.222. The molecule has 0 saturated carbocycles. The van der Waals surface area contributed by atoms with Gasteiger partial charge in [-0.2, -0.15) is 0 Å². The Morgan fingerprint density at radius 2 is 1.71 bits per heavy atom. The average Bonchev–Trinajstić information content (AvgIpc) is 2.54. The Bertz CT molecular complexity index is 576. The fourth-order valence-corrected chi connectivity index (χ4v) is 1.96. The number of hydrogen-bond donors (Lipinski definition) is 0. The molecule has 0 atom stereocenters. The monoisotopic (exact) mass is 284 g/mol. The molecular formula is C18H20O3. The van der Waals surface area contributed by atoms with Crippen molar-refractivity contribution in [1.29, 1.82) is 0 Å². The van der Waals surface area contributed by atoms with Gasteiger partial charge in [-0.1, -0.05) is 48.5 Å². The third kappa shape index (κ3) is 4.36. The van der Waals surface area contributed by atoms with Crippen LogP contribution in [0.4, 0.5) is 0 Å². The number of methoxy groups -OCH3 is 1. The van der Waals surface area contributed by atoms with E-state index in [1.807, 2.05) is 67.6 Å². The average molecular weight is 284 g/mol. The van der Waals surface area contributed by atoms with Crippen molar-refractivity contribution in [3.63, 3.8) is 0 Å². The molecule has 0 aromatic heterocycles. The summed E-state index contributed by atoms with van der Waals surface area (Å²) in [6.45, 7) is 2.81. The Kier molecular flexibility index (Phi) is 5.85. The van der Waals surface area contributed by atoms with Crippen LogP contribution in [0.25, 0.3) is 11.8 Å². The van der Waals surface area contributed by atoms with Gasteiger partial charge >= 0.3 is 0 Å². The Morgan fingerprint density at radius 1 is 1.00 bits per heavy atom. The van der Waals surface area contributed by atoms with E-state index in [2.05, 4.69) is 0 Å². The van der Waals surface area contributed by atoms with Crippen LogP contribution in [0.5, 0.6) is 5.75 Å². The van der Waals surface area contributed by atoms with Crippen molar-refractivity contribution in [2.75, 3.05) is 20.5 Å². The number of para-hydroxylation sites is 1. The maximum Gasteiger partial charge on any atom is 0.188 e. The zero-order valence-corrected chi connectivity index (χ0v) is 12.4. The van der Waals surface area contributed by atoms with E-state index in [0.717, 1.165) is 22.6 Å². The molecular weight excluding hydrogens is 264 g/mol. The largest absolute Gasteiger partial charge is 0.493 e. The molecule has 110 valence electrons.